The van der Waals surface area contributed by atoms with Crippen LogP contribution in [0.5, 0.6) is 0 Å². The molecule has 0 aliphatic carbocycles. The first-order chi connectivity index (χ1) is 14.1. The quantitative estimate of drug-likeness (QED) is 0.645. The van der Waals surface area contributed by atoms with E-state index in [1.54, 1.807) is 18.5 Å². The van der Waals surface area contributed by atoms with Crippen molar-refractivity contribution in [3.05, 3.63) is 89.8 Å². The number of rotatable bonds is 6. The van der Waals surface area contributed by atoms with Crippen LogP contribution in [0.1, 0.15) is 29.8 Å². The summed E-state index contributed by atoms with van der Waals surface area (Å²) in [5.74, 6) is -0.0866. The Hall–Kier alpha value is -2.99. The van der Waals surface area contributed by atoms with Crippen molar-refractivity contribution >= 4 is 5.91 Å². The molecule has 3 aromatic rings. The number of hydrogen-bond acceptors (Lipinski definition) is 3. The van der Waals surface area contributed by atoms with Gasteiger partial charge in [0.25, 0.3) is 0 Å². The van der Waals surface area contributed by atoms with Gasteiger partial charge in [0.15, 0.2) is 0 Å². The van der Waals surface area contributed by atoms with Crippen LogP contribution < -0.4 is 0 Å². The molecule has 0 N–H and O–H groups in total. The fraction of sp³-hybridized carbons (Fsp3) is 0.304. The Morgan fingerprint density at radius 2 is 1.79 bits per heavy atom. The molecule has 2 heterocycles. The number of halogens is 1. The molecule has 1 aliphatic heterocycles. The number of imidazole rings is 1. The summed E-state index contributed by atoms with van der Waals surface area (Å²) in [6.45, 7) is 5.35. The zero-order valence-electron chi connectivity index (χ0n) is 16.5. The highest BCUT2D eigenvalue weighted by Gasteiger charge is 2.25. The highest BCUT2D eigenvalue weighted by Crippen LogP contribution is 2.21. The predicted molar refractivity (Wildman–Crippen MR) is 110 cm³/mol. The minimum Gasteiger partial charge on any atom is -0.336 e. The Morgan fingerprint density at radius 1 is 1.03 bits per heavy atom. The minimum absolute atomic E-state index is 0.0446. The molecule has 1 fully saturated rings. The standard InChI is InChI=1S/C23H25FN4O/c1-18(20-7-9-21(24)10-8-20)28-17-25-13-22(28)15-26-11-12-27(23(29)16-26)14-19-5-3-2-4-6-19/h2-10,13,17-18H,11-12,14-16H2,1H3. The first-order valence-electron chi connectivity index (χ1n) is 9.90. The third-order valence-electron chi connectivity index (χ3n) is 5.52. The van der Waals surface area contributed by atoms with Crippen LogP contribution >= 0.6 is 0 Å². The lowest BCUT2D eigenvalue weighted by Crippen LogP contribution is -2.49. The largest absolute Gasteiger partial charge is 0.336 e. The van der Waals surface area contributed by atoms with E-state index in [4.69, 9.17) is 0 Å². The Bertz CT molecular complexity index is 955. The van der Waals surface area contributed by atoms with Gasteiger partial charge in [0.05, 0.1) is 24.6 Å². The smallest absolute Gasteiger partial charge is 0.237 e. The summed E-state index contributed by atoms with van der Waals surface area (Å²) in [7, 11) is 0. The van der Waals surface area contributed by atoms with E-state index in [0.717, 1.165) is 29.9 Å². The van der Waals surface area contributed by atoms with Crippen LogP contribution in [0, 0.1) is 5.82 Å². The molecule has 1 aromatic heterocycles. The van der Waals surface area contributed by atoms with Crippen molar-refractivity contribution in [2.24, 2.45) is 0 Å². The zero-order valence-corrected chi connectivity index (χ0v) is 16.5. The number of carbonyl (C=O) groups is 1. The summed E-state index contributed by atoms with van der Waals surface area (Å²) in [6.07, 6.45) is 3.65. The minimum atomic E-state index is -0.237. The van der Waals surface area contributed by atoms with E-state index < -0.39 is 0 Å². The van der Waals surface area contributed by atoms with Crippen molar-refractivity contribution in [2.45, 2.75) is 26.1 Å². The van der Waals surface area contributed by atoms with Crippen molar-refractivity contribution in [1.29, 1.82) is 0 Å². The molecule has 1 aliphatic rings. The summed E-state index contributed by atoms with van der Waals surface area (Å²) in [4.78, 5) is 21.0. The Morgan fingerprint density at radius 3 is 2.52 bits per heavy atom. The van der Waals surface area contributed by atoms with Crippen LogP contribution in [0.4, 0.5) is 4.39 Å². The molecular formula is C23H25FN4O. The number of amides is 1. The molecule has 0 saturated carbocycles. The Kier molecular flexibility index (Phi) is 5.71. The molecule has 2 aromatic carbocycles. The number of hydrogen-bond donors (Lipinski definition) is 0. The molecule has 5 nitrogen and oxygen atoms in total. The molecule has 4 rings (SSSR count). The number of carbonyl (C=O) groups excluding carboxylic acids is 1. The molecule has 0 spiro atoms. The van der Waals surface area contributed by atoms with Crippen molar-refractivity contribution in [1.82, 2.24) is 19.4 Å². The number of benzene rings is 2. The van der Waals surface area contributed by atoms with E-state index in [2.05, 4.69) is 33.5 Å². The molecular weight excluding hydrogens is 367 g/mol. The van der Waals surface area contributed by atoms with Gasteiger partial charge in [0.2, 0.25) is 5.91 Å². The van der Waals surface area contributed by atoms with E-state index in [9.17, 15) is 9.18 Å². The Labute approximate surface area is 170 Å². The molecule has 1 atom stereocenters. The summed E-state index contributed by atoms with van der Waals surface area (Å²) >= 11 is 0. The van der Waals surface area contributed by atoms with Gasteiger partial charge in [0, 0.05) is 32.4 Å². The van der Waals surface area contributed by atoms with E-state index in [1.165, 1.54) is 12.1 Å². The summed E-state index contributed by atoms with van der Waals surface area (Å²) < 4.78 is 15.3. The summed E-state index contributed by atoms with van der Waals surface area (Å²) in [5.41, 5.74) is 3.22. The van der Waals surface area contributed by atoms with Gasteiger partial charge in [-0.3, -0.25) is 9.69 Å². The van der Waals surface area contributed by atoms with Gasteiger partial charge in [-0.1, -0.05) is 42.5 Å². The lowest BCUT2D eigenvalue weighted by molar-refractivity contribution is -0.136. The summed E-state index contributed by atoms with van der Waals surface area (Å²) in [6, 6.07) is 16.7. The second-order valence-corrected chi connectivity index (χ2v) is 7.53. The van der Waals surface area contributed by atoms with Gasteiger partial charge in [-0.2, -0.15) is 0 Å². The maximum Gasteiger partial charge on any atom is 0.237 e. The molecule has 0 bridgehead atoms. The van der Waals surface area contributed by atoms with Gasteiger partial charge in [0.1, 0.15) is 5.82 Å². The van der Waals surface area contributed by atoms with Crippen molar-refractivity contribution in [3.8, 4) is 0 Å². The Balaban J connectivity index is 1.39. The number of piperazine rings is 1. The SMILES string of the molecule is CC(c1ccc(F)cc1)n1cncc1CN1CCN(Cc2ccccc2)C(=O)C1. The third-order valence-corrected chi connectivity index (χ3v) is 5.52. The zero-order chi connectivity index (χ0) is 20.2. The van der Waals surface area contributed by atoms with Gasteiger partial charge in [-0.15, -0.1) is 0 Å². The second-order valence-electron chi connectivity index (χ2n) is 7.53. The maximum atomic E-state index is 13.2. The van der Waals surface area contributed by atoms with E-state index in [0.29, 0.717) is 19.6 Å². The normalized spacial score (nSPS) is 16.2. The fourth-order valence-corrected chi connectivity index (χ4v) is 3.80. The van der Waals surface area contributed by atoms with Crippen molar-refractivity contribution in [2.75, 3.05) is 19.6 Å². The summed E-state index contributed by atoms with van der Waals surface area (Å²) in [5, 5.41) is 0. The molecule has 1 unspecified atom stereocenters. The van der Waals surface area contributed by atoms with Gasteiger partial charge >= 0.3 is 0 Å². The number of nitrogens with zero attached hydrogens (tertiary/aromatic N) is 4. The lowest BCUT2D eigenvalue weighted by Gasteiger charge is -2.34. The fourth-order valence-electron chi connectivity index (χ4n) is 3.80. The third kappa shape index (κ3) is 4.54. The molecule has 29 heavy (non-hydrogen) atoms. The molecule has 1 saturated heterocycles. The van der Waals surface area contributed by atoms with Crippen LogP contribution in [0.25, 0.3) is 0 Å². The first kappa shape index (κ1) is 19.3. The monoisotopic (exact) mass is 392 g/mol. The van der Waals surface area contributed by atoms with Crippen molar-refractivity contribution < 1.29 is 9.18 Å². The highest BCUT2D eigenvalue weighted by atomic mass is 19.1. The highest BCUT2D eigenvalue weighted by molar-refractivity contribution is 5.79. The van der Waals surface area contributed by atoms with E-state index in [-0.39, 0.29) is 17.8 Å². The molecule has 6 heteroatoms. The molecule has 0 radical (unpaired) electrons. The average Bonchev–Trinajstić information content (AvgIpc) is 3.19. The average molecular weight is 392 g/mol. The predicted octanol–water partition coefficient (Wildman–Crippen LogP) is 3.48. The van der Waals surface area contributed by atoms with Gasteiger partial charge in [-0.05, 0) is 30.2 Å². The van der Waals surface area contributed by atoms with Crippen LogP contribution in [0.2, 0.25) is 0 Å². The van der Waals surface area contributed by atoms with Crippen molar-refractivity contribution in [3.63, 3.8) is 0 Å². The second kappa shape index (κ2) is 8.57. The van der Waals surface area contributed by atoms with Gasteiger partial charge in [-0.25, -0.2) is 9.37 Å². The van der Waals surface area contributed by atoms with Crippen LogP contribution in [0.3, 0.4) is 0 Å². The van der Waals surface area contributed by atoms with Crippen LogP contribution in [-0.2, 0) is 17.9 Å². The van der Waals surface area contributed by atoms with Crippen LogP contribution in [-0.4, -0.2) is 44.9 Å². The lowest BCUT2D eigenvalue weighted by atomic mass is 10.1. The van der Waals surface area contributed by atoms with E-state index >= 15 is 0 Å². The number of aromatic nitrogens is 2. The van der Waals surface area contributed by atoms with Crippen LogP contribution in [0.15, 0.2) is 67.1 Å². The molecule has 150 valence electrons. The topological polar surface area (TPSA) is 41.4 Å². The molecule has 1 amide bonds. The van der Waals surface area contributed by atoms with Gasteiger partial charge < -0.3 is 9.47 Å². The maximum absolute atomic E-state index is 13.2. The van der Waals surface area contributed by atoms with E-state index in [1.807, 2.05) is 29.3 Å². The first-order valence-corrected chi connectivity index (χ1v) is 9.90.